The van der Waals surface area contributed by atoms with Crippen LogP contribution < -0.4 is 15.9 Å². The van der Waals surface area contributed by atoms with Crippen LogP contribution >= 0.6 is 0 Å². The van der Waals surface area contributed by atoms with Gasteiger partial charge in [-0.3, -0.25) is 47.8 Å². The van der Waals surface area contributed by atoms with Gasteiger partial charge in [0.15, 0.2) is 0 Å². The van der Waals surface area contributed by atoms with Crippen LogP contribution in [-0.2, 0) is 104 Å². The molecule has 0 bridgehead atoms. The highest BCUT2D eigenvalue weighted by Gasteiger charge is 2.55. The number of aliphatic hydroxyl groups is 1. The maximum absolute atomic E-state index is 13.2. The number of benzene rings is 3. The van der Waals surface area contributed by atoms with Gasteiger partial charge in [0.2, 0.25) is 0 Å². The topological polar surface area (TPSA) is 381 Å². The maximum atomic E-state index is 13.2. The highest BCUT2D eigenvalue weighted by Crippen LogP contribution is 2.40. The standard InChI is InChI=1S/C32H45NO6Si.C23H33NO8S.C21H36N2O8.C16H27NO6/c1-24(34)38-28(27-23-36-32(8,9)33(27)29(35)39-30(2,3)4)21-16-22-37-40(31(5,6)7,25-17-12-10-13-18-25)26-19-14-11-15-20-26;1-16-10-12-18(13-11-16)33(27,28)30-14-8-9-20(31-17(2)25)19-15-29-23(6,7)24(19)21(26)32-22(3,4)5;1-14(24)29-16(11-10-12-28-22-17(25)30-19(2,3)4)15-13-27-21(8,9)23(15)18(26)31-20(5,6)7;1-11(19)22-13(8-7-9-18)12-10-21-16(5,6)17(12)14(20)23-15(2,3)4/h10-21,27-28H,22-23H2,1-9H3;8-13,19-20H,14-15H2,1-7H3;10-11,15-16H,12-13H2,1-9H3,(H,22,25);7-8,12-13,18H,9-10H2,1-6H3/b21-16+;9-8+;11-10+;8-7+/t27-,28+;19-,20+;15-,16+;12-,13+/m0000/s1. The molecule has 0 radical (unpaired) electrons. The molecule has 35 heteroatoms. The van der Waals surface area contributed by atoms with E-state index in [1.807, 2.05) is 45.9 Å². The van der Waals surface area contributed by atoms with Gasteiger partial charge in [0, 0.05) is 27.7 Å². The Balaban J connectivity index is 0.000000361. The maximum Gasteiger partial charge on any atom is 0.431 e. The van der Waals surface area contributed by atoms with Crippen LogP contribution in [0.3, 0.4) is 0 Å². The molecule has 3 aromatic carbocycles. The van der Waals surface area contributed by atoms with Gasteiger partial charge in [-0.25, -0.2) is 24.0 Å². The summed E-state index contributed by atoms with van der Waals surface area (Å²) < 4.78 is 109. The normalized spacial score (nSPS) is 19.7. The van der Waals surface area contributed by atoms with Crippen molar-refractivity contribution in [1.29, 1.82) is 0 Å². The van der Waals surface area contributed by atoms with Crippen molar-refractivity contribution < 1.29 is 132 Å². The number of amides is 5. The van der Waals surface area contributed by atoms with Crippen molar-refractivity contribution in [3.05, 3.63) is 139 Å². The Morgan fingerprint density at radius 1 is 0.425 bits per heavy atom. The van der Waals surface area contributed by atoms with Crippen molar-refractivity contribution >= 4 is 83.2 Å². The van der Waals surface area contributed by atoms with Gasteiger partial charge in [-0.15, -0.1) is 0 Å². The zero-order chi connectivity index (χ0) is 96.7. The Labute approximate surface area is 752 Å². The fourth-order valence-corrected chi connectivity index (χ4v) is 19.1. The van der Waals surface area contributed by atoms with Gasteiger partial charge in [0.25, 0.3) is 18.4 Å². The Morgan fingerprint density at radius 2 is 0.701 bits per heavy atom. The van der Waals surface area contributed by atoms with Crippen LogP contribution in [0.15, 0.2) is 138 Å². The molecule has 0 aromatic heterocycles. The lowest BCUT2D eigenvalue weighted by atomic mass is 10.1. The molecule has 127 heavy (non-hydrogen) atoms. The van der Waals surface area contributed by atoms with E-state index in [4.69, 9.17) is 80.1 Å². The summed E-state index contributed by atoms with van der Waals surface area (Å²) in [6.07, 6.45) is 6.59. The van der Waals surface area contributed by atoms with Crippen molar-refractivity contribution in [2.75, 3.05) is 52.9 Å². The molecule has 8 atom stereocenters. The third-order valence-electron chi connectivity index (χ3n) is 18.7. The van der Waals surface area contributed by atoms with Gasteiger partial charge < -0.3 is 71.1 Å². The molecule has 7 rings (SSSR count). The average Bonchev–Trinajstić information content (AvgIpc) is 1.69. The number of rotatable bonds is 25. The number of carbonyl (C=O) groups is 9. The van der Waals surface area contributed by atoms with Crippen LogP contribution in [0, 0.1) is 6.92 Å². The molecule has 2 N–H and O–H groups in total. The fraction of sp³-hybridized carbons (Fsp3) is 0.620. The molecule has 0 spiro atoms. The molecular formula is C92H141N5O28SSi. The van der Waals surface area contributed by atoms with E-state index in [9.17, 15) is 51.6 Å². The van der Waals surface area contributed by atoms with Crippen LogP contribution in [0.25, 0.3) is 0 Å². The summed E-state index contributed by atoms with van der Waals surface area (Å²) in [6.45, 7) is 54.7. The number of aliphatic hydroxyl groups excluding tert-OH is 1. The Hall–Kier alpha value is -9.30. The lowest BCUT2D eigenvalue weighted by molar-refractivity contribution is -0.147. The zero-order valence-corrected chi connectivity index (χ0v) is 82.0. The van der Waals surface area contributed by atoms with E-state index in [2.05, 4.69) is 74.8 Å². The summed E-state index contributed by atoms with van der Waals surface area (Å²) in [4.78, 5) is 121. The number of ether oxygens (including phenoxy) is 13. The smallest absolute Gasteiger partial charge is 0.431 e. The SMILES string of the molecule is CC(=O)O[C@H](/C=C/CO)[C@@H]1COC(C)(C)N1C(=O)OC(C)(C)C.CC(=O)O[C@H](/C=C/CONC(=O)OC(C)(C)C)[C@@H]1COC(C)(C)N1C(=O)OC(C)(C)C.CC(=O)O[C@H](/C=C/COS(=O)(=O)c1ccc(C)cc1)[C@@H]1COC(C)(C)N1C(=O)OC(C)(C)C.CC(=O)O[C@H](/C=C/CO[Si](c1ccccc1)(c1ccccc1)C(C)(C)C)[C@@H]1COC(C)(C)N1C(=O)OC(C)(C)C. The summed E-state index contributed by atoms with van der Waals surface area (Å²) in [5, 5.41) is 11.2. The van der Waals surface area contributed by atoms with E-state index in [0.717, 1.165) is 5.56 Å². The Bertz CT molecular complexity index is 4320. The molecule has 4 aliphatic heterocycles. The first-order valence-corrected chi connectivity index (χ1v) is 45.5. The molecule has 0 saturated carbocycles. The van der Waals surface area contributed by atoms with E-state index >= 15 is 0 Å². The van der Waals surface area contributed by atoms with E-state index < -0.39 is 172 Å². The van der Waals surface area contributed by atoms with Crippen molar-refractivity contribution in [2.24, 2.45) is 0 Å². The fourth-order valence-electron chi connectivity index (χ4n) is 13.8. The highest BCUT2D eigenvalue weighted by molar-refractivity contribution is 7.86. The molecule has 3 aromatic rings. The molecule has 4 aliphatic rings. The third-order valence-corrected chi connectivity index (χ3v) is 25.0. The summed E-state index contributed by atoms with van der Waals surface area (Å²) in [5.74, 6) is -2.01. The van der Waals surface area contributed by atoms with E-state index in [-0.39, 0.29) is 56.2 Å². The van der Waals surface area contributed by atoms with Crippen LogP contribution in [0.1, 0.15) is 213 Å². The molecule has 4 heterocycles. The number of aryl methyl sites for hydroxylation is 1. The highest BCUT2D eigenvalue weighted by atomic mass is 32.2. The molecule has 712 valence electrons. The number of hydrogen-bond acceptors (Lipinski definition) is 28. The summed E-state index contributed by atoms with van der Waals surface area (Å²) in [5.41, 5.74) is -4.10. The van der Waals surface area contributed by atoms with E-state index in [0.29, 0.717) is 6.61 Å². The molecule has 5 amide bonds. The monoisotopic (exact) mass is 1820 g/mol. The van der Waals surface area contributed by atoms with Crippen molar-refractivity contribution in [2.45, 2.75) is 324 Å². The molecule has 33 nitrogen and oxygen atoms in total. The Morgan fingerprint density at radius 3 is 0.969 bits per heavy atom. The number of hydrogen-bond donors (Lipinski definition) is 2. The number of nitrogens with zero attached hydrogens (tertiary/aromatic N) is 4. The first-order chi connectivity index (χ1) is 58.2. The summed E-state index contributed by atoms with van der Waals surface area (Å²) in [6, 6.07) is 24.7. The van der Waals surface area contributed by atoms with Crippen LogP contribution in [0.2, 0.25) is 5.04 Å². The minimum atomic E-state index is -3.95. The largest absolute Gasteiger partial charge is 0.456 e. The third kappa shape index (κ3) is 35.2. The molecule has 0 unspecified atom stereocenters. The number of carbonyl (C=O) groups excluding carboxylic acids is 9. The van der Waals surface area contributed by atoms with E-state index in [1.54, 1.807) is 175 Å². The summed E-state index contributed by atoms with van der Waals surface area (Å²) in [7, 11) is -6.68. The molecule has 0 aliphatic carbocycles. The van der Waals surface area contributed by atoms with E-state index in [1.165, 1.54) is 88.0 Å². The van der Waals surface area contributed by atoms with Crippen LogP contribution in [-0.4, -0.2) is 248 Å². The lowest BCUT2D eigenvalue weighted by Gasteiger charge is -2.42. The second-order valence-electron chi connectivity index (χ2n) is 38.3. The molecule has 4 fully saturated rings. The predicted octanol–water partition coefficient (Wildman–Crippen LogP) is 14.1. The lowest BCUT2D eigenvalue weighted by Crippen LogP contribution is -2.66. The van der Waals surface area contributed by atoms with Gasteiger partial charge in [-0.1, -0.05) is 123 Å². The first-order valence-electron chi connectivity index (χ1n) is 42.1. The van der Waals surface area contributed by atoms with Gasteiger partial charge >= 0.3 is 54.3 Å². The van der Waals surface area contributed by atoms with Crippen molar-refractivity contribution in [3.63, 3.8) is 0 Å². The van der Waals surface area contributed by atoms with Gasteiger partial charge in [-0.05, 0) is 218 Å². The number of hydroxylamine groups is 1. The van der Waals surface area contributed by atoms with Gasteiger partial charge in [0.05, 0.1) is 57.8 Å². The number of nitrogens with one attached hydrogen (secondary N) is 1. The summed E-state index contributed by atoms with van der Waals surface area (Å²) >= 11 is 0. The van der Waals surface area contributed by atoms with Crippen molar-refractivity contribution in [3.8, 4) is 0 Å². The average molecular weight is 1830 g/mol. The van der Waals surface area contributed by atoms with Crippen LogP contribution in [0.5, 0.6) is 0 Å². The van der Waals surface area contributed by atoms with Crippen molar-refractivity contribution in [1.82, 2.24) is 25.1 Å². The quantitative estimate of drug-likeness (QED) is 0.0151. The molecule has 4 saturated heterocycles. The second kappa shape index (κ2) is 45.8. The number of esters is 4. The minimum Gasteiger partial charge on any atom is -0.456 e. The van der Waals surface area contributed by atoms with Crippen LogP contribution in [0.4, 0.5) is 24.0 Å². The second-order valence-corrected chi connectivity index (χ2v) is 44.3. The van der Waals surface area contributed by atoms with Gasteiger partial charge in [-0.2, -0.15) is 13.9 Å². The minimum absolute atomic E-state index is 0.0135. The predicted molar refractivity (Wildman–Crippen MR) is 477 cm³/mol. The Kier molecular flexibility index (Phi) is 39.7. The molecular weight excluding hydrogens is 1680 g/mol. The van der Waals surface area contributed by atoms with Gasteiger partial charge in [0.1, 0.15) is 99.5 Å². The zero-order valence-electron chi connectivity index (χ0n) is 80.1. The first kappa shape index (κ1) is 110.